The number of nitrogens with zero attached hydrogens (tertiary/aromatic N) is 1. The van der Waals surface area contributed by atoms with Gasteiger partial charge in [0, 0.05) is 13.1 Å². The number of carbonyl (C=O) groups excluding carboxylic acids is 3. The van der Waals surface area contributed by atoms with Gasteiger partial charge in [0.25, 0.3) is 0 Å². The molecular weight excluding hydrogens is 336 g/mol. The molecule has 0 aromatic rings. The second kappa shape index (κ2) is 10.7. The number of amides is 2. The van der Waals surface area contributed by atoms with Crippen molar-refractivity contribution in [1.82, 2.24) is 15.5 Å². The van der Waals surface area contributed by atoms with Crippen LogP contribution in [0.15, 0.2) is 0 Å². The molecule has 147 valence electrons. The minimum Gasteiger partial charge on any atom is -0.370 e. The topological polar surface area (TPSA) is 154 Å². The first kappa shape index (κ1) is 21.9. The van der Waals surface area contributed by atoms with Crippen molar-refractivity contribution in [2.75, 3.05) is 13.1 Å². The smallest absolute Gasteiger partial charge is 0.245 e. The van der Waals surface area contributed by atoms with E-state index in [1.807, 2.05) is 20.1 Å². The molecule has 0 spiro atoms. The van der Waals surface area contributed by atoms with Gasteiger partial charge in [-0.3, -0.25) is 19.8 Å². The Morgan fingerprint density at radius 1 is 1.38 bits per heavy atom. The molecule has 0 aliphatic carbocycles. The molecule has 3 atom stereocenters. The Bertz CT molecular complexity index is 511. The Morgan fingerprint density at radius 3 is 2.65 bits per heavy atom. The van der Waals surface area contributed by atoms with Crippen LogP contribution >= 0.6 is 0 Å². The predicted molar refractivity (Wildman–Crippen MR) is 98.9 cm³/mol. The second-order valence-corrected chi connectivity index (χ2v) is 7.09. The molecule has 1 saturated heterocycles. The zero-order chi connectivity index (χ0) is 19.7. The Balaban J connectivity index is 2.73. The lowest BCUT2D eigenvalue weighted by atomic mass is 10.0. The third kappa shape index (κ3) is 6.99. The lowest BCUT2D eigenvalue weighted by Crippen LogP contribution is -2.54. The van der Waals surface area contributed by atoms with E-state index >= 15 is 0 Å². The summed E-state index contributed by atoms with van der Waals surface area (Å²) in [6.07, 6.45) is 4.64. The molecule has 1 aliphatic heterocycles. The quantitative estimate of drug-likeness (QED) is 0.194. The molecule has 0 unspecified atom stereocenters. The summed E-state index contributed by atoms with van der Waals surface area (Å²) in [5, 5.41) is 12.6. The monoisotopic (exact) mass is 367 g/mol. The zero-order valence-corrected chi connectivity index (χ0v) is 15.6. The molecule has 0 bridgehead atoms. The van der Waals surface area contributed by atoms with Gasteiger partial charge in [-0.15, -0.1) is 0 Å². The molecule has 1 heterocycles. The van der Waals surface area contributed by atoms with E-state index in [0.29, 0.717) is 38.8 Å². The summed E-state index contributed by atoms with van der Waals surface area (Å²) >= 11 is 0. The molecule has 9 nitrogen and oxygen atoms in total. The highest BCUT2D eigenvalue weighted by Crippen LogP contribution is 2.18. The average Bonchev–Trinajstić information content (AvgIpc) is 3.04. The van der Waals surface area contributed by atoms with Crippen LogP contribution in [0.3, 0.4) is 0 Å². The van der Waals surface area contributed by atoms with E-state index < -0.39 is 18.1 Å². The molecule has 7 N–H and O–H groups in total. The van der Waals surface area contributed by atoms with Gasteiger partial charge in [0.2, 0.25) is 18.1 Å². The van der Waals surface area contributed by atoms with Gasteiger partial charge < -0.3 is 27.0 Å². The highest BCUT2D eigenvalue weighted by atomic mass is 16.2. The van der Waals surface area contributed by atoms with Crippen LogP contribution in [0.25, 0.3) is 0 Å². The zero-order valence-electron chi connectivity index (χ0n) is 15.6. The normalized spacial score (nSPS) is 19.1. The number of nitrogens with one attached hydrogen (secondary N) is 3. The van der Waals surface area contributed by atoms with Crippen LogP contribution in [0.5, 0.6) is 0 Å². The summed E-state index contributed by atoms with van der Waals surface area (Å²) in [5.41, 5.74) is 11.2. The maximum atomic E-state index is 12.8. The molecule has 2 amide bonds. The fourth-order valence-electron chi connectivity index (χ4n) is 3.03. The summed E-state index contributed by atoms with van der Waals surface area (Å²) in [5.74, 6) is -0.547. The van der Waals surface area contributed by atoms with Crippen molar-refractivity contribution in [3.63, 3.8) is 0 Å². The maximum absolute atomic E-state index is 12.8. The van der Waals surface area contributed by atoms with Crippen molar-refractivity contribution in [1.29, 1.82) is 5.41 Å². The molecule has 0 aromatic heterocycles. The minimum atomic E-state index is -0.761. The van der Waals surface area contributed by atoms with E-state index in [1.165, 1.54) is 4.90 Å². The van der Waals surface area contributed by atoms with Gasteiger partial charge in [-0.25, -0.2) is 0 Å². The highest BCUT2D eigenvalue weighted by Gasteiger charge is 2.34. The fourth-order valence-corrected chi connectivity index (χ4v) is 3.03. The number of hydrogen-bond acceptors (Lipinski definition) is 5. The molecule has 1 aliphatic rings. The summed E-state index contributed by atoms with van der Waals surface area (Å²) in [6, 6.07) is -2.00. The van der Waals surface area contributed by atoms with Gasteiger partial charge >= 0.3 is 0 Å². The van der Waals surface area contributed by atoms with E-state index in [1.54, 1.807) is 0 Å². The largest absolute Gasteiger partial charge is 0.370 e. The molecule has 1 radical (unpaired) electrons. The summed E-state index contributed by atoms with van der Waals surface area (Å²) in [7, 11) is 0. The molecule has 0 saturated carbocycles. The van der Waals surface area contributed by atoms with Gasteiger partial charge in [0.05, 0.1) is 12.1 Å². The molecular formula is C17H31N6O3. The first-order chi connectivity index (χ1) is 12.3. The number of likely N-dealkylation sites (tertiary alicyclic amines) is 1. The Morgan fingerprint density at radius 2 is 2.08 bits per heavy atom. The number of guanidine groups is 1. The van der Waals surface area contributed by atoms with Crippen LogP contribution in [0.1, 0.15) is 46.0 Å². The van der Waals surface area contributed by atoms with Crippen molar-refractivity contribution < 1.29 is 14.4 Å². The summed E-state index contributed by atoms with van der Waals surface area (Å²) in [6.45, 7) is 4.83. The minimum absolute atomic E-state index is 0.147. The van der Waals surface area contributed by atoms with Crippen molar-refractivity contribution >= 4 is 24.1 Å². The first-order valence-corrected chi connectivity index (χ1v) is 9.08. The molecule has 1 fully saturated rings. The second-order valence-electron chi connectivity index (χ2n) is 7.09. The van der Waals surface area contributed by atoms with E-state index in [-0.39, 0.29) is 23.7 Å². The van der Waals surface area contributed by atoms with Gasteiger partial charge in [-0.2, -0.15) is 0 Å². The molecule has 0 aromatic carbocycles. The van der Waals surface area contributed by atoms with E-state index in [0.717, 1.165) is 6.42 Å². The molecule has 1 rings (SSSR count). The Kier molecular flexibility index (Phi) is 9.04. The van der Waals surface area contributed by atoms with Crippen LogP contribution in [-0.2, 0) is 14.4 Å². The van der Waals surface area contributed by atoms with Gasteiger partial charge in [-0.1, -0.05) is 13.8 Å². The van der Waals surface area contributed by atoms with E-state index in [4.69, 9.17) is 16.9 Å². The van der Waals surface area contributed by atoms with E-state index in [2.05, 4.69) is 10.6 Å². The molecule has 26 heavy (non-hydrogen) atoms. The van der Waals surface area contributed by atoms with E-state index in [9.17, 15) is 14.4 Å². The lowest BCUT2D eigenvalue weighted by molar-refractivity contribution is -0.136. The predicted octanol–water partition coefficient (Wildman–Crippen LogP) is -0.791. The average molecular weight is 367 g/mol. The van der Waals surface area contributed by atoms with Crippen LogP contribution in [0, 0.1) is 11.3 Å². The third-order valence-corrected chi connectivity index (χ3v) is 4.33. The van der Waals surface area contributed by atoms with Crippen LogP contribution in [-0.4, -0.2) is 60.2 Å². The molecule has 9 heteroatoms. The fraction of sp³-hybridized carbons (Fsp3) is 0.765. The SMILES string of the molecule is CC(C)C[C@H](N)C(=O)N[C@@H](CCCNC(=N)N)C(=O)N1CCC[C@H]1[C]=O. The Labute approximate surface area is 154 Å². The van der Waals surface area contributed by atoms with Crippen molar-refractivity contribution in [2.24, 2.45) is 17.4 Å². The highest BCUT2D eigenvalue weighted by molar-refractivity contribution is 5.91. The number of carbonyl (C=O) groups is 2. The first-order valence-electron chi connectivity index (χ1n) is 9.08. The van der Waals surface area contributed by atoms with Gasteiger partial charge in [-0.05, 0) is 38.0 Å². The van der Waals surface area contributed by atoms with Crippen LogP contribution < -0.4 is 22.1 Å². The summed E-state index contributed by atoms with van der Waals surface area (Å²) < 4.78 is 0. The van der Waals surface area contributed by atoms with Crippen LogP contribution in [0.4, 0.5) is 0 Å². The standard InChI is InChI=1S/C17H31N6O3/c1-11(2)9-13(18)15(25)22-14(6-3-7-21-17(19)20)16(26)23-8-4-5-12(23)10-24/h11-14H,3-9,18H2,1-2H3,(H,22,25)(H4,19,20,21)/t12-,13-,14-/m0/s1. The number of rotatable bonds is 10. The lowest BCUT2D eigenvalue weighted by Gasteiger charge is -2.27. The van der Waals surface area contributed by atoms with Gasteiger partial charge in [0.15, 0.2) is 5.96 Å². The van der Waals surface area contributed by atoms with Crippen molar-refractivity contribution in [2.45, 2.75) is 64.1 Å². The van der Waals surface area contributed by atoms with Gasteiger partial charge in [0.1, 0.15) is 6.04 Å². The number of nitrogens with two attached hydrogens (primary N) is 2. The summed E-state index contributed by atoms with van der Waals surface area (Å²) in [4.78, 5) is 37.7. The van der Waals surface area contributed by atoms with Crippen LogP contribution in [0.2, 0.25) is 0 Å². The number of hydrogen-bond donors (Lipinski definition) is 5. The van der Waals surface area contributed by atoms with Crippen molar-refractivity contribution in [3.05, 3.63) is 0 Å². The van der Waals surface area contributed by atoms with Crippen molar-refractivity contribution in [3.8, 4) is 0 Å². The maximum Gasteiger partial charge on any atom is 0.245 e. The third-order valence-electron chi connectivity index (χ3n) is 4.33. The Hall–Kier alpha value is -2.16.